The summed E-state index contributed by atoms with van der Waals surface area (Å²) >= 11 is 0. The maximum Gasteiger partial charge on any atom is 0.254 e. The summed E-state index contributed by atoms with van der Waals surface area (Å²) in [4.78, 5) is 17.8. The van der Waals surface area contributed by atoms with Crippen LogP contribution in [0, 0.1) is 0 Å². The summed E-state index contributed by atoms with van der Waals surface area (Å²) in [6.07, 6.45) is 0. The summed E-state index contributed by atoms with van der Waals surface area (Å²) < 4.78 is 18.5. The summed E-state index contributed by atoms with van der Waals surface area (Å²) in [5.41, 5.74) is 2.89. The van der Waals surface area contributed by atoms with Gasteiger partial charge in [-0.1, -0.05) is 18.2 Å². The molecule has 1 aromatic heterocycles. The Kier molecular flexibility index (Phi) is 5.53. The Bertz CT molecular complexity index is 1090. The average molecular weight is 421 g/mol. The van der Waals surface area contributed by atoms with Gasteiger partial charge in [-0.15, -0.1) is 0 Å². The van der Waals surface area contributed by atoms with E-state index in [1.54, 1.807) is 6.07 Å². The van der Waals surface area contributed by atoms with E-state index in [1.807, 2.05) is 29.2 Å². The molecule has 5 rings (SSSR count). The minimum atomic E-state index is -0.00295. The second-order valence-corrected chi connectivity index (χ2v) is 8.00. The summed E-state index contributed by atoms with van der Waals surface area (Å²) in [6, 6.07) is 15.9. The molecule has 0 bridgehead atoms. The molecule has 1 fully saturated rings. The van der Waals surface area contributed by atoms with E-state index in [0.717, 1.165) is 38.5 Å². The molecule has 0 radical (unpaired) electrons. The molecule has 3 aromatic rings. The van der Waals surface area contributed by atoms with Crippen LogP contribution in [0.15, 0.2) is 48.5 Å². The van der Waals surface area contributed by atoms with Crippen LogP contribution < -0.4 is 9.47 Å². The van der Waals surface area contributed by atoms with Gasteiger partial charge in [0.2, 0.25) is 6.79 Å². The maximum atomic E-state index is 13.5. The van der Waals surface area contributed by atoms with E-state index < -0.39 is 0 Å². The second-order valence-electron chi connectivity index (χ2n) is 8.00. The van der Waals surface area contributed by atoms with Crippen molar-refractivity contribution in [2.75, 3.05) is 46.2 Å². The molecular formula is C24H27N3O4. The number of aryl methyl sites for hydroxylation is 1. The van der Waals surface area contributed by atoms with Crippen molar-refractivity contribution < 1.29 is 19.0 Å². The van der Waals surface area contributed by atoms with Crippen LogP contribution in [-0.2, 0) is 18.3 Å². The SMILES string of the molecule is Cn1c(CN(CCN2CCOCC2)C(=O)c2ccc3c(c2)OCO3)cc2ccccc21. The van der Waals surface area contributed by atoms with E-state index in [9.17, 15) is 4.79 Å². The van der Waals surface area contributed by atoms with Crippen LogP contribution in [-0.4, -0.2) is 66.5 Å². The number of ether oxygens (including phenoxy) is 3. The Morgan fingerprint density at radius 2 is 1.84 bits per heavy atom. The zero-order chi connectivity index (χ0) is 21.2. The van der Waals surface area contributed by atoms with Gasteiger partial charge >= 0.3 is 0 Å². The molecule has 0 saturated carbocycles. The topological polar surface area (TPSA) is 56.2 Å². The Balaban J connectivity index is 1.40. The third-order valence-corrected chi connectivity index (χ3v) is 6.10. The Hall–Kier alpha value is -3.03. The predicted octanol–water partition coefficient (Wildman–Crippen LogP) is 2.88. The first-order valence-corrected chi connectivity index (χ1v) is 10.7. The monoisotopic (exact) mass is 421 g/mol. The van der Waals surface area contributed by atoms with Gasteiger partial charge in [0.25, 0.3) is 5.91 Å². The number of hydrogen-bond acceptors (Lipinski definition) is 5. The fourth-order valence-electron chi connectivity index (χ4n) is 4.24. The van der Waals surface area contributed by atoms with Crippen LogP contribution in [0.2, 0.25) is 0 Å². The smallest absolute Gasteiger partial charge is 0.254 e. The largest absolute Gasteiger partial charge is 0.454 e. The summed E-state index contributed by atoms with van der Waals surface area (Å²) in [5.74, 6) is 1.31. The van der Waals surface area contributed by atoms with Crippen LogP contribution in [0.4, 0.5) is 0 Å². The third-order valence-electron chi connectivity index (χ3n) is 6.10. The number of morpholine rings is 1. The van der Waals surface area contributed by atoms with E-state index in [4.69, 9.17) is 14.2 Å². The highest BCUT2D eigenvalue weighted by Crippen LogP contribution is 2.33. The first-order valence-electron chi connectivity index (χ1n) is 10.7. The van der Waals surface area contributed by atoms with Gasteiger partial charge in [-0.2, -0.15) is 0 Å². The van der Waals surface area contributed by atoms with Crippen molar-refractivity contribution in [2.45, 2.75) is 6.54 Å². The molecule has 162 valence electrons. The Labute approximate surface area is 181 Å². The van der Waals surface area contributed by atoms with Gasteiger partial charge in [-0.3, -0.25) is 9.69 Å². The predicted molar refractivity (Wildman–Crippen MR) is 117 cm³/mol. The molecule has 7 nitrogen and oxygen atoms in total. The van der Waals surface area contributed by atoms with Crippen LogP contribution in [0.5, 0.6) is 11.5 Å². The molecule has 31 heavy (non-hydrogen) atoms. The highest BCUT2D eigenvalue weighted by Gasteiger charge is 2.23. The van der Waals surface area contributed by atoms with Crippen LogP contribution >= 0.6 is 0 Å². The van der Waals surface area contributed by atoms with Crippen molar-refractivity contribution in [3.8, 4) is 11.5 Å². The maximum absolute atomic E-state index is 13.5. The van der Waals surface area contributed by atoms with Gasteiger partial charge in [0, 0.05) is 50.0 Å². The quantitative estimate of drug-likeness (QED) is 0.613. The van der Waals surface area contributed by atoms with Gasteiger partial charge in [0.15, 0.2) is 11.5 Å². The van der Waals surface area contributed by atoms with Crippen LogP contribution in [0.3, 0.4) is 0 Å². The van der Waals surface area contributed by atoms with Gasteiger partial charge in [0.05, 0.1) is 19.8 Å². The fraction of sp³-hybridized carbons (Fsp3) is 0.375. The van der Waals surface area contributed by atoms with Crippen molar-refractivity contribution in [3.63, 3.8) is 0 Å². The molecule has 7 heteroatoms. The van der Waals surface area contributed by atoms with E-state index >= 15 is 0 Å². The normalized spacial score (nSPS) is 16.0. The zero-order valence-electron chi connectivity index (χ0n) is 17.8. The minimum Gasteiger partial charge on any atom is -0.454 e. The van der Waals surface area contributed by atoms with Crippen LogP contribution in [0.25, 0.3) is 10.9 Å². The van der Waals surface area contributed by atoms with Crippen molar-refractivity contribution >= 4 is 16.8 Å². The second kappa shape index (κ2) is 8.61. The average Bonchev–Trinajstić information content (AvgIpc) is 3.41. The number of amides is 1. The summed E-state index contributed by atoms with van der Waals surface area (Å²) in [5, 5.41) is 1.18. The highest BCUT2D eigenvalue weighted by atomic mass is 16.7. The van der Waals surface area contributed by atoms with Gasteiger partial charge in [-0.25, -0.2) is 0 Å². The molecule has 0 spiro atoms. The van der Waals surface area contributed by atoms with E-state index in [1.165, 1.54) is 10.9 Å². The molecule has 2 aromatic carbocycles. The molecule has 2 aliphatic rings. The number of rotatable bonds is 6. The lowest BCUT2D eigenvalue weighted by atomic mass is 10.1. The van der Waals surface area contributed by atoms with Crippen LogP contribution in [0.1, 0.15) is 16.1 Å². The lowest BCUT2D eigenvalue weighted by Crippen LogP contribution is -2.43. The highest BCUT2D eigenvalue weighted by molar-refractivity contribution is 5.95. The molecule has 3 heterocycles. The van der Waals surface area contributed by atoms with E-state index in [-0.39, 0.29) is 12.7 Å². The van der Waals surface area contributed by atoms with Crippen molar-refractivity contribution in [3.05, 3.63) is 59.8 Å². The number of aromatic nitrogens is 1. The Morgan fingerprint density at radius 3 is 2.68 bits per heavy atom. The standard InChI is InChI=1S/C24H27N3O4/c1-25-20(14-18-4-2-3-5-21(18)25)16-27(9-8-26-10-12-29-13-11-26)24(28)19-6-7-22-23(15-19)31-17-30-22/h2-7,14-15H,8-13,16-17H2,1H3. The summed E-state index contributed by atoms with van der Waals surface area (Å²) in [7, 11) is 2.06. The number of nitrogens with zero attached hydrogens (tertiary/aromatic N) is 3. The van der Waals surface area contributed by atoms with Crippen molar-refractivity contribution in [1.29, 1.82) is 0 Å². The van der Waals surface area contributed by atoms with Crippen molar-refractivity contribution in [1.82, 2.24) is 14.4 Å². The lowest BCUT2D eigenvalue weighted by molar-refractivity contribution is 0.0319. The molecule has 2 aliphatic heterocycles. The number of benzene rings is 2. The fourth-order valence-corrected chi connectivity index (χ4v) is 4.24. The summed E-state index contributed by atoms with van der Waals surface area (Å²) in [6.45, 7) is 5.52. The molecule has 0 aliphatic carbocycles. The molecule has 1 saturated heterocycles. The molecular weight excluding hydrogens is 394 g/mol. The molecule has 0 N–H and O–H groups in total. The number of carbonyl (C=O) groups is 1. The number of fused-ring (bicyclic) bond motifs is 2. The zero-order valence-corrected chi connectivity index (χ0v) is 17.8. The van der Waals surface area contributed by atoms with E-state index in [2.05, 4.69) is 34.7 Å². The molecule has 0 atom stereocenters. The number of carbonyl (C=O) groups excluding carboxylic acids is 1. The third kappa shape index (κ3) is 4.11. The molecule has 0 unspecified atom stereocenters. The molecule has 1 amide bonds. The number of hydrogen-bond donors (Lipinski definition) is 0. The van der Waals surface area contributed by atoms with Gasteiger partial charge < -0.3 is 23.7 Å². The van der Waals surface area contributed by atoms with Crippen molar-refractivity contribution in [2.24, 2.45) is 7.05 Å². The minimum absolute atomic E-state index is 0.00295. The number of para-hydroxylation sites is 1. The van der Waals surface area contributed by atoms with E-state index in [0.29, 0.717) is 30.2 Å². The first-order chi connectivity index (χ1) is 15.2. The van der Waals surface area contributed by atoms with Gasteiger partial charge in [-0.05, 0) is 35.7 Å². The lowest BCUT2D eigenvalue weighted by Gasteiger charge is -2.30. The van der Waals surface area contributed by atoms with Gasteiger partial charge in [0.1, 0.15) is 0 Å². The first kappa shape index (κ1) is 19.9. The Morgan fingerprint density at radius 1 is 1.03 bits per heavy atom.